The van der Waals surface area contributed by atoms with Crippen LogP contribution in [0.5, 0.6) is 0 Å². The van der Waals surface area contributed by atoms with Gasteiger partial charge in [-0.15, -0.1) is 0 Å². The minimum Gasteiger partial charge on any atom is -0.451 e. The third-order valence-electron chi connectivity index (χ3n) is 2.97. The van der Waals surface area contributed by atoms with Crippen LogP contribution in [-0.4, -0.2) is 18.5 Å². The molecule has 2 aromatic carbocycles. The highest BCUT2D eigenvalue weighted by Gasteiger charge is 1.99. The molecule has 126 valence electrons. The maximum atomic E-state index is 12.7. The summed E-state index contributed by atoms with van der Waals surface area (Å²) in [6.07, 6.45) is 2.69. The lowest BCUT2D eigenvalue weighted by Crippen LogP contribution is -2.03. The third kappa shape index (κ3) is 7.14. The van der Waals surface area contributed by atoms with Crippen molar-refractivity contribution in [3.63, 3.8) is 0 Å². The molecule has 0 N–H and O–H groups in total. The van der Waals surface area contributed by atoms with Crippen molar-refractivity contribution < 1.29 is 23.5 Å². The second kappa shape index (κ2) is 9.68. The van der Waals surface area contributed by atoms with Gasteiger partial charge < -0.3 is 9.47 Å². The summed E-state index contributed by atoms with van der Waals surface area (Å²) in [4.78, 5) is 22.9. The van der Waals surface area contributed by atoms with E-state index in [-0.39, 0.29) is 19.0 Å². The summed E-state index contributed by atoms with van der Waals surface area (Å²) in [5.41, 5.74) is 1.52. The van der Waals surface area contributed by atoms with E-state index < -0.39 is 11.9 Å². The monoisotopic (exact) mass is 338 g/mol. The van der Waals surface area contributed by atoms with Crippen LogP contribution in [0.25, 0.3) is 6.08 Å². The van der Waals surface area contributed by atoms with Gasteiger partial charge >= 0.3 is 11.9 Å². The highest BCUT2D eigenvalue weighted by atomic mass is 19.1. The van der Waals surface area contributed by atoms with Crippen LogP contribution in [0.3, 0.4) is 0 Å². The van der Waals surface area contributed by atoms with Crippen LogP contribution in [0.15, 0.2) is 60.7 Å². The molecular weight excluding hydrogens is 323 g/mol. The summed E-state index contributed by atoms with van der Waals surface area (Å²) in [7, 11) is 0. The van der Waals surface area contributed by atoms with E-state index in [1.54, 1.807) is 0 Å². The topological polar surface area (TPSA) is 52.6 Å². The number of hydrogen-bond donors (Lipinski definition) is 0. The Morgan fingerprint density at radius 2 is 1.72 bits per heavy atom. The van der Waals surface area contributed by atoms with E-state index in [9.17, 15) is 14.0 Å². The zero-order chi connectivity index (χ0) is 17.9. The maximum absolute atomic E-state index is 12.7. The molecule has 4 nitrogen and oxygen atoms in total. The number of carbonyl (C=O) groups excluding carboxylic acids is 2. The Balaban J connectivity index is 1.69. The van der Waals surface area contributed by atoms with E-state index in [2.05, 4.69) is 11.8 Å². The summed E-state index contributed by atoms with van der Waals surface area (Å²) in [5, 5.41) is 0. The lowest BCUT2D eigenvalue weighted by molar-refractivity contribution is -0.138. The summed E-state index contributed by atoms with van der Waals surface area (Å²) in [5.74, 6) is 2.98. The minimum atomic E-state index is -0.693. The number of halogens is 1. The molecule has 0 heterocycles. The average molecular weight is 338 g/mol. The van der Waals surface area contributed by atoms with Crippen molar-refractivity contribution in [3.8, 4) is 11.8 Å². The van der Waals surface area contributed by atoms with Gasteiger partial charge in [-0.1, -0.05) is 42.5 Å². The van der Waals surface area contributed by atoms with Crippen LogP contribution in [0, 0.1) is 17.7 Å². The Morgan fingerprint density at radius 1 is 1.00 bits per heavy atom. The molecule has 0 radical (unpaired) electrons. The van der Waals surface area contributed by atoms with Crippen molar-refractivity contribution in [1.82, 2.24) is 0 Å². The lowest BCUT2D eigenvalue weighted by Gasteiger charge is -2.00. The van der Waals surface area contributed by atoms with Gasteiger partial charge in [0.2, 0.25) is 0 Å². The van der Waals surface area contributed by atoms with Crippen LogP contribution in [0.2, 0.25) is 0 Å². The Labute approximate surface area is 144 Å². The summed E-state index contributed by atoms with van der Waals surface area (Å²) >= 11 is 0. The molecule has 0 aliphatic rings. The molecule has 0 saturated carbocycles. The van der Waals surface area contributed by atoms with Crippen LogP contribution in [0.4, 0.5) is 4.39 Å². The zero-order valence-electron chi connectivity index (χ0n) is 13.3. The number of hydrogen-bond acceptors (Lipinski definition) is 4. The molecule has 0 saturated heterocycles. The first-order valence-corrected chi connectivity index (χ1v) is 7.43. The summed E-state index contributed by atoms with van der Waals surface area (Å²) in [6, 6.07) is 14.8. The van der Waals surface area contributed by atoms with Gasteiger partial charge in [0.25, 0.3) is 0 Å². The van der Waals surface area contributed by atoms with Crippen molar-refractivity contribution in [2.45, 2.75) is 6.61 Å². The van der Waals surface area contributed by atoms with Crippen molar-refractivity contribution >= 4 is 18.0 Å². The fourth-order valence-corrected chi connectivity index (χ4v) is 1.76. The Kier molecular flexibility index (Phi) is 6.95. The lowest BCUT2D eigenvalue weighted by atomic mass is 10.2. The number of esters is 2. The van der Waals surface area contributed by atoms with E-state index in [1.807, 2.05) is 30.3 Å². The van der Waals surface area contributed by atoms with E-state index in [0.717, 1.165) is 5.56 Å². The van der Waals surface area contributed by atoms with Crippen LogP contribution in [0.1, 0.15) is 11.1 Å². The molecular formula is C20H15FO4. The second-order valence-electron chi connectivity index (χ2n) is 4.86. The van der Waals surface area contributed by atoms with Gasteiger partial charge in [-0.25, -0.2) is 14.0 Å². The molecule has 0 spiro atoms. The average Bonchev–Trinajstić information content (AvgIpc) is 2.64. The second-order valence-corrected chi connectivity index (χ2v) is 4.86. The number of carbonyl (C=O) groups is 2. The zero-order valence-corrected chi connectivity index (χ0v) is 13.3. The standard InChI is InChI=1S/C20H15FO4/c21-18-11-8-16(9-12-18)10-13-20(23)24-14-4-7-19(22)25-15-17-5-2-1-3-6-17/h1-3,5-6,8-13H,14-15H2/b13-10+. The highest BCUT2D eigenvalue weighted by Crippen LogP contribution is 2.04. The predicted molar refractivity (Wildman–Crippen MR) is 90.4 cm³/mol. The number of ether oxygens (including phenoxy) is 2. The quantitative estimate of drug-likeness (QED) is 0.364. The first-order valence-electron chi connectivity index (χ1n) is 7.43. The van der Waals surface area contributed by atoms with Gasteiger partial charge in [0.1, 0.15) is 12.4 Å². The SMILES string of the molecule is O=C(C#CCOC(=O)/C=C/c1ccc(F)cc1)OCc1ccccc1. The van der Waals surface area contributed by atoms with E-state index in [4.69, 9.17) is 9.47 Å². The molecule has 0 aliphatic carbocycles. The van der Waals surface area contributed by atoms with Gasteiger partial charge in [-0.2, -0.15) is 0 Å². The predicted octanol–water partition coefficient (Wildman–Crippen LogP) is 3.13. The fourth-order valence-electron chi connectivity index (χ4n) is 1.76. The molecule has 5 heteroatoms. The summed E-state index contributed by atoms with van der Waals surface area (Å²) < 4.78 is 22.5. The molecule has 0 unspecified atom stereocenters. The Hall–Kier alpha value is -3.39. The van der Waals surface area contributed by atoms with Gasteiger partial charge in [-0.05, 0) is 35.3 Å². The molecule has 0 fully saturated rings. The molecule has 2 rings (SSSR count). The van der Waals surface area contributed by atoms with E-state index >= 15 is 0 Å². The van der Waals surface area contributed by atoms with E-state index in [1.165, 1.54) is 36.4 Å². The Bertz CT molecular complexity index is 799. The minimum absolute atomic E-state index is 0.133. The van der Waals surface area contributed by atoms with Crippen LogP contribution >= 0.6 is 0 Å². The maximum Gasteiger partial charge on any atom is 0.384 e. The molecule has 0 aromatic heterocycles. The smallest absolute Gasteiger partial charge is 0.384 e. The molecule has 25 heavy (non-hydrogen) atoms. The van der Waals surface area contributed by atoms with Crippen LogP contribution in [-0.2, 0) is 25.7 Å². The van der Waals surface area contributed by atoms with Crippen molar-refractivity contribution in [2.24, 2.45) is 0 Å². The third-order valence-corrected chi connectivity index (χ3v) is 2.97. The first-order chi connectivity index (χ1) is 12.1. The van der Waals surface area contributed by atoms with Crippen molar-refractivity contribution in [2.75, 3.05) is 6.61 Å². The summed E-state index contributed by atoms with van der Waals surface area (Å²) in [6.45, 7) is -0.0957. The highest BCUT2D eigenvalue weighted by molar-refractivity contribution is 5.89. The van der Waals surface area contributed by atoms with Gasteiger partial charge in [0, 0.05) is 12.0 Å². The molecule has 0 aliphatic heterocycles. The van der Waals surface area contributed by atoms with Gasteiger partial charge in [0.15, 0.2) is 6.61 Å². The molecule has 0 bridgehead atoms. The fraction of sp³-hybridized carbons (Fsp3) is 0.100. The van der Waals surface area contributed by atoms with Crippen LogP contribution < -0.4 is 0 Å². The molecule has 0 amide bonds. The van der Waals surface area contributed by atoms with Gasteiger partial charge in [0.05, 0.1) is 0 Å². The van der Waals surface area contributed by atoms with Crippen molar-refractivity contribution in [3.05, 3.63) is 77.6 Å². The van der Waals surface area contributed by atoms with Crippen molar-refractivity contribution in [1.29, 1.82) is 0 Å². The molecule has 2 aromatic rings. The largest absolute Gasteiger partial charge is 0.451 e. The number of rotatable bonds is 5. The molecule has 0 atom stereocenters. The normalized spacial score (nSPS) is 9.96. The Morgan fingerprint density at radius 3 is 2.44 bits per heavy atom. The number of benzene rings is 2. The van der Waals surface area contributed by atoms with E-state index in [0.29, 0.717) is 5.56 Å². The van der Waals surface area contributed by atoms with Gasteiger partial charge in [-0.3, -0.25) is 0 Å². The first kappa shape index (κ1) is 18.0.